The van der Waals surface area contributed by atoms with E-state index in [2.05, 4.69) is 13.0 Å². The maximum atomic E-state index is 9.23. The van der Waals surface area contributed by atoms with E-state index in [0.717, 1.165) is 11.1 Å². The minimum Gasteiger partial charge on any atom is -0.508 e. The molecule has 2 aromatic carbocycles. The zero-order valence-electron chi connectivity index (χ0n) is 10.2. The van der Waals surface area contributed by atoms with Crippen LogP contribution in [0, 0.1) is 0 Å². The maximum Gasteiger partial charge on any atom is 0.115 e. The second-order valence-electron chi connectivity index (χ2n) is 4.33. The van der Waals surface area contributed by atoms with Crippen LogP contribution in [0.15, 0.2) is 54.6 Å². The molecular weight excluding hydrogens is 224 g/mol. The van der Waals surface area contributed by atoms with Gasteiger partial charge >= 0.3 is 0 Å². The van der Waals surface area contributed by atoms with Crippen molar-refractivity contribution < 1.29 is 10.2 Å². The molecule has 2 N–H and O–H groups in total. The molecule has 2 nitrogen and oxygen atoms in total. The third-order valence-electron chi connectivity index (χ3n) is 2.89. The van der Waals surface area contributed by atoms with E-state index in [0.29, 0.717) is 0 Å². The maximum absolute atomic E-state index is 9.23. The Morgan fingerprint density at radius 1 is 0.833 bits per heavy atom. The lowest BCUT2D eigenvalue weighted by molar-refractivity contribution is 0.474. The van der Waals surface area contributed by atoms with Gasteiger partial charge in [0.25, 0.3) is 0 Å². The molecule has 0 bridgehead atoms. The van der Waals surface area contributed by atoms with Gasteiger partial charge in [0.2, 0.25) is 0 Å². The Bertz CT molecular complexity index is 524. The van der Waals surface area contributed by atoms with Gasteiger partial charge in [0.05, 0.1) is 0 Å². The van der Waals surface area contributed by atoms with Crippen molar-refractivity contribution in [3.8, 4) is 11.5 Å². The lowest BCUT2D eigenvalue weighted by Gasteiger charge is -2.06. The first-order valence-electron chi connectivity index (χ1n) is 5.91. The van der Waals surface area contributed by atoms with E-state index < -0.39 is 0 Å². The number of phenols is 2. The molecule has 0 saturated carbocycles. The van der Waals surface area contributed by atoms with E-state index in [1.165, 1.54) is 0 Å². The van der Waals surface area contributed by atoms with Crippen LogP contribution >= 0.6 is 0 Å². The molecule has 0 saturated heterocycles. The fourth-order valence-corrected chi connectivity index (χ4v) is 1.73. The van der Waals surface area contributed by atoms with Crippen LogP contribution in [-0.2, 0) is 0 Å². The Morgan fingerprint density at radius 2 is 1.33 bits per heavy atom. The molecule has 2 heteroatoms. The Kier molecular flexibility index (Phi) is 3.68. The predicted octanol–water partition coefficient (Wildman–Crippen LogP) is 3.91. The standard InChI is InChI=1S/C16H16O2/c1-12(14-6-10-16(18)11-7-14)2-3-13-4-8-15(17)9-5-13/h2-12,17-18H,1H3/b3-2+. The molecule has 1 atom stereocenters. The first-order chi connectivity index (χ1) is 8.65. The van der Waals surface area contributed by atoms with Crippen LogP contribution in [0.1, 0.15) is 24.0 Å². The number of rotatable bonds is 3. The van der Waals surface area contributed by atoms with Crippen LogP contribution in [0.3, 0.4) is 0 Å². The molecular formula is C16H16O2. The lowest BCUT2D eigenvalue weighted by atomic mass is 10.00. The second kappa shape index (κ2) is 5.41. The molecule has 0 amide bonds. The fraction of sp³-hybridized carbons (Fsp3) is 0.125. The summed E-state index contributed by atoms with van der Waals surface area (Å²) in [6.07, 6.45) is 4.12. The van der Waals surface area contributed by atoms with Gasteiger partial charge in [-0.25, -0.2) is 0 Å². The molecule has 0 fully saturated rings. The van der Waals surface area contributed by atoms with Crippen molar-refractivity contribution in [2.75, 3.05) is 0 Å². The summed E-state index contributed by atoms with van der Waals surface area (Å²) >= 11 is 0. The van der Waals surface area contributed by atoms with Crippen molar-refractivity contribution in [2.45, 2.75) is 12.8 Å². The Hall–Kier alpha value is -2.22. The molecule has 0 heterocycles. The molecule has 0 radical (unpaired) electrons. The fourth-order valence-electron chi connectivity index (χ4n) is 1.73. The summed E-state index contributed by atoms with van der Waals surface area (Å²) in [6.45, 7) is 2.10. The number of aromatic hydroxyl groups is 2. The van der Waals surface area contributed by atoms with E-state index in [-0.39, 0.29) is 17.4 Å². The van der Waals surface area contributed by atoms with Gasteiger partial charge in [-0.1, -0.05) is 43.3 Å². The van der Waals surface area contributed by atoms with E-state index in [1.54, 1.807) is 24.3 Å². The van der Waals surface area contributed by atoms with Crippen molar-refractivity contribution in [1.29, 1.82) is 0 Å². The Labute approximate surface area is 107 Å². The van der Waals surface area contributed by atoms with E-state index >= 15 is 0 Å². The third-order valence-corrected chi connectivity index (χ3v) is 2.89. The Balaban J connectivity index is 2.08. The van der Waals surface area contributed by atoms with Crippen molar-refractivity contribution >= 4 is 6.08 Å². The highest BCUT2D eigenvalue weighted by Crippen LogP contribution is 2.21. The highest BCUT2D eigenvalue weighted by atomic mass is 16.3. The van der Waals surface area contributed by atoms with Gasteiger partial charge in [0.1, 0.15) is 11.5 Å². The summed E-state index contributed by atoms with van der Waals surface area (Å²) in [6, 6.07) is 14.3. The number of phenolic OH excluding ortho intramolecular Hbond substituents is 2. The highest BCUT2D eigenvalue weighted by Gasteiger charge is 2.00. The van der Waals surface area contributed by atoms with Gasteiger partial charge in [-0.2, -0.15) is 0 Å². The molecule has 0 aromatic heterocycles. The molecule has 18 heavy (non-hydrogen) atoms. The predicted molar refractivity (Wildman–Crippen MR) is 73.7 cm³/mol. The molecule has 0 aliphatic heterocycles. The van der Waals surface area contributed by atoms with Gasteiger partial charge in [0.15, 0.2) is 0 Å². The summed E-state index contributed by atoms with van der Waals surface area (Å²) in [5, 5.41) is 18.4. The van der Waals surface area contributed by atoms with Gasteiger partial charge in [0, 0.05) is 0 Å². The quantitative estimate of drug-likeness (QED) is 0.853. The third kappa shape index (κ3) is 3.14. The van der Waals surface area contributed by atoms with Crippen LogP contribution < -0.4 is 0 Å². The summed E-state index contributed by atoms with van der Waals surface area (Å²) < 4.78 is 0. The van der Waals surface area contributed by atoms with E-state index in [4.69, 9.17) is 0 Å². The van der Waals surface area contributed by atoms with Crippen LogP contribution in [0.5, 0.6) is 11.5 Å². The second-order valence-corrected chi connectivity index (χ2v) is 4.33. The molecule has 2 rings (SSSR count). The van der Waals surface area contributed by atoms with Gasteiger partial charge in [-0.3, -0.25) is 0 Å². The van der Waals surface area contributed by atoms with Gasteiger partial charge < -0.3 is 10.2 Å². The van der Waals surface area contributed by atoms with E-state index in [1.807, 2.05) is 30.3 Å². The molecule has 0 spiro atoms. The number of allylic oxidation sites excluding steroid dienone is 1. The zero-order chi connectivity index (χ0) is 13.0. The van der Waals surface area contributed by atoms with E-state index in [9.17, 15) is 10.2 Å². The van der Waals surface area contributed by atoms with Crippen molar-refractivity contribution in [3.05, 3.63) is 65.7 Å². The zero-order valence-corrected chi connectivity index (χ0v) is 10.2. The normalized spacial score (nSPS) is 12.7. The minimum absolute atomic E-state index is 0.277. The smallest absolute Gasteiger partial charge is 0.115 e. The number of hydrogen-bond donors (Lipinski definition) is 2. The average molecular weight is 240 g/mol. The number of hydrogen-bond acceptors (Lipinski definition) is 2. The van der Waals surface area contributed by atoms with Crippen molar-refractivity contribution in [2.24, 2.45) is 0 Å². The highest BCUT2D eigenvalue weighted by molar-refractivity contribution is 5.52. The summed E-state index contributed by atoms with van der Waals surface area (Å²) in [4.78, 5) is 0. The van der Waals surface area contributed by atoms with Gasteiger partial charge in [-0.05, 0) is 41.3 Å². The summed E-state index contributed by atoms with van der Waals surface area (Å²) in [7, 11) is 0. The Morgan fingerprint density at radius 3 is 1.89 bits per heavy atom. The van der Waals surface area contributed by atoms with Gasteiger partial charge in [-0.15, -0.1) is 0 Å². The number of benzene rings is 2. The van der Waals surface area contributed by atoms with Crippen LogP contribution in [0.25, 0.3) is 6.08 Å². The van der Waals surface area contributed by atoms with Crippen molar-refractivity contribution in [3.63, 3.8) is 0 Å². The summed E-state index contributed by atoms with van der Waals surface area (Å²) in [5.41, 5.74) is 2.21. The first-order valence-corrected chi connectivity index (χ1v) is 5.91. The van der Waals surface area contributed by atoms with Crippen LogP contribution in [0.2, 0.25) is 0 Å². The molecule has 0 aliphatic carbocycles. The monoisotopic (exact) mass is 240 g/mol. The molecule has 1 unspecified atom stereocenters. The average Bonchev–Trinajstić information content (AvgIpc) is 2.38. The van der Waals surface area contributed by atoms with Crippen molar-refractivity contribution in [1.82, 2.24) is 0 Å². The SMILES string of the molecule is CC(/C=C/c1ccc(O)cc1)c1ccc(O)cc1. The summed E-state index contributed by atoms with van der Waals surface area (Å²) in [5.74, 6) is 0.839. The molecule has 92 valence electrons. The minimum atomic E-state index is 0.277. The molecule has 2 aromatic rings. The van der Waals surface area contributed by atoms with Crippen LogP contribution in [-0.4, -0.2) is 10.2 Å². The molecule has 0 aliphatic rings. The van der Waals surface area contributed by atoms with Crippen LogP contribution in [0.4, 0.5) is 0 Å². The largest absolute Gasteiger partial charge is 0.508 e. The lowest BCUT2D eigenvalue weighted by Crippen LogP contribution is -1.87. The first kappa shape index (κ1) is 12.2. The topological polar surface area (TPSA) is 40.5 Å².